The van der Waals surface area contributed by atoms with Gasteiger partial charge in [0.25, 0.3) is 0 Å². The summed E-state index contributed by atoms with van der Waals surface area (Å²) >= 11 is 11.8. The quantitative estimate of drug-likeness (QED) is 0.857. The second-order valence-corrected chi connectivity index (χ2v) is 9.03. The molecule has 1 aliphatic heterocycles. The monoisotopic (exact) mass is 398 g/mol. The topological polar surface area (TPSA) is 49.4 Å². The van der Waals surface area contributed by atoms with E-state index in [1.165, 1.54) is 0 Å². The Balaban J connectivity index is 1.76. The molecule has 1 heterocycles. The Hall–Kier alpha value is -1.11. The molecule has 2 aromatic rings. The van der Waals surface area contributed by atoms with Crippen molar-refractivity contribution >= 4 is 33.2 Å². The fourth-order valence-corrected chi connectivity index (χ4v) is 4.79. The van der Waals surface area contributed by atoms with Crippen LogP contribution in [0.25, 0.3) is 0 Å². The molecule has 1 N–H and O–H groups in total. The smallest absolute Gasteiger partial charge is 0.243 e. The van der Waals surface area contributed by atoms with Gasteiger partial charge in [0.15, 0.2) is 0 Å². The van der Waals surface area contributed by atoms with Crippen LogP contribution in [0.5, 0.6) is 0 Å². The van der Waals surface area contributed by atoms with E-state index in [4.69, 9.17) is 23.2 Å². The minimum absolute atomic E-state index is 0.200. The molecule has 0 aliphatic carbocycles. The summed E-state index contributed by atoms with van der Waals surface area (Å²) in [7, 11) is -3.52. The molecule has 1 unspecified atom stereocenters. The molecule has 0 radical (unpaired) electrons. The summed E-state index contributed by atoms with van der Waals surface area (Å²) in [4.78, 5) is 0.282. The number of nitrogens with one attached hydrogen (secondary N) is 1. The van der Waals surface area contributed by atoms with Crippen molar-refractivity contribution in [3.05, 3.63) is 64.1 Å². The van der Waals surface area contributed by atoms with Gasteiger partial charge in [-0.05, 0) is 60.8 Å². The number of hydrogen-bond acceptors (Lipinski definition) is 3. The molecule has 0 spiro atoms. The molecule has 1 aliphatic rings. The van der Waals surface area contributed by atoms with Crippen molar-refractivity contribution in [3.63, 3.8) is 0 Å². The fourth-order valence-electron chi connectivity index (χ4n) is 3.02. The van der Waals surface area contributed by atoms with Crippen LogP contribution in [0.15, 0.2) is 53.4 Å². The van der Waals surface area contributed by atoms with Crippen LogP contribution in [0.1, 0.15) is 5.56 Å². The van der Waals surface area contributed by atoms with E-state index in [1.54, 1.807) is 28.6 Å². The second kappa shape index (κ2) is 8.06. The largest absolute Gasteiger partial charge is 0.315 e. The first kappa shape index (κ1) is 18.7. The third-order valence-corrected chi connectivity index (χ3v) is 6.71. The van der Waals surface area contributed by atoms with Crippen molar-refractivity contribution in [2.45, 2.75) is 11.3 Å². The van der Waals surface area contributed by atoms with Gasteiger partial charge in [-0.15, -0.1) is 0 Å². The van der Waals surface area contributed by atoms with E-state index in [2.05, 4.69) is 5.32 Å². The number of rotatable bonds is 4. The second-order valence-electron chi connectivity index (χ2n) is 6.22. The Kier molecular flexibility index (Phi) is 6.02. The van der Waals surface area contributed by atoms with E-state index in [0.717, 1.165) is 18.5 Å². The Morgan fingerprint density at radius 2 is 1.60 bits per heavy atom. The van der Waals surface area contributed by atoms with E-state index >= 15 is 0 Å². The van der Waals surface area contributed by atoms with E-state index in [1.807, 2.05) is 24.3 Å². The molecule has 134 valence electrons. The summed E-state index contributed by atoms with van der Waals surface area (Å²) in [5.41, 5.74) is 1.15. The molecule has 0 saturated carbocycles. The summed E-state index contributed by atoms with van der Waals surface area (Å²) < 4.78 is 27.4. The predicted molar refractivity (Wildman–Crippen MR) is 102 cm³/mol. The average molecular weight is 399 g/mol. The molecule has 1 fully saturated rings. The molecule has 2 aromatic carbocycles. The third kappa shape index (κ3) is 4.74. The Morgan fingerprint density at radius 1 is 1.00 bits per heavy atom. The first-order valence-corrected chi connectivity index (χ1v) is 10.4. The number of halogens is 2. The number of nitrogens with zero attached hydrogens (tertiary/aromatic N) is 1. The fraction of sp³-hybridized carbons (Fsp3) is 0.333. The standard InChI is InChI=1S/C18H20Cl2N2O2S/c19-16-3-1-14(2-4-16)11-15-12-21-9-10-22(13-15)25(23,24)18-7-5-17(20)6-8-18/h1-8,15,21H,9-13H2. The van der Waals surface area contributed by atoms with E-state index in [-0.39, 0.29) is 10.8 Å². The van der Waals surface area contributed by atoms with Crippen molar-refractivity contribution < 1.29 is 8.42 Å². The highest BCUT2D eigenvalue weighted by Gasteiger charge is 2.28. The molecule has 0 amide bonds. The Labute approximate surface area is 158 Å². The van der Waals surface area contributed by atoms with Crippen LogP contribution in [0.4, 0.5) is 0 Å². The lowest BCUT2D eigenvalue weighted by atomic mass is 9.99. The lowest BCUT2D eigenvalue weighted by Gasteiger charge is -2.23. The van der Waals surface area contributed by atoms with Crippen LogP contribution in [0, 0.1) is 5.92 Å². The third-order valence-electron chi connectivity index (χ3n) is 4.32. The van der Waals surface area contributed by atoms with Crippen molar-refractivity contribution in [2.75, 3.05) is 26.2 Å². The first-order chi connectivity index (χ1) is 11.9. The van der Waals surface area contributed by atoms with Gasteiger partial charge >= 0.3 is 0 Å². The van der Waals surface area contributed by atoms with Gasteiger partial charge in [-0.1, -0.05) is 35.3 Å². The lowest BCUT2D eigenvalue weighted by molar-refractivity contribution is 0.375. The highest BCUT2D eigenvalue weighted by molar-refractivity contribution is 7.89. The molecule has 1 saturated heterocycles. The summed E-state index contributed by atoms with van der Waals surface area (Å²) in [5.74, 6) is 0.200. The minimum Gasteiger partial charge on any atom is -0.315 e. The molecule has 4 nitrogen and oxygen atoms in total. The first-order valence-electron chi connectivity index (χ1n) is 8.16. The highest BCUT2D eigenvalue weighted by Crippen LogP contribution is 2.22. The Bertz CT molecular complexity index is 808. The van der Waals surface area contributed by atoms with Crippen molar-refractivity contribution in [1.29, 1.82) is 0 Å². The zero-order chi connectivity index (χ0) is 17.9. The van der Waals surface area contributed by atoms with Crippen LogP contribution in [-0.2, 0) is 16.4 Å². The molecule has 1 atom stereocenters. The van der Waals surface area contributed by atoms with Crippen LogP contribution < -0.4 is 5.32 Å². The number of hydrogen-bond donors (Lipinski definition) is 1. The highest BCUT2D eigenvalue weighted by atomic mass is 35.5. The molecule has 25 heavy (non-hydrogen) atoms. The van der Waals surface area contributed by atoms with E-state index in [9.17, 15) is 8.42 Å². The molecule has 0 bridgehead atoms. The van der Waals surface area contributed by atoms with Crippen LogP contribution in [0.2, 0.25) is 10.0 Å². The van der Waals surface area contributed by atoms with Gasteiger partial charge in [-0.25, -0.2) is 8.42 Å². The molecular formula is C18H20Cl2N2O2S. The maximum Gasteiger partial charge on any atom is 0.243 e. The molecule has 7 heteroatoms. The van der Waals surface area contributed by atoms with Gasteiger partial charge < -0.3 is 5.32 Å². The van der Waals surface area contributed by atoms with E-state index < -0.39 is 10.0 Å². The van der Waals surface area contributed by atoms with E-state index in [0.29, 0.717) is 29.7 Å². The molecule has 0 aromatic heterocycles. The van der Waals surface area contributed by atoms with Crippen molar-refractivity contribution in [3.8, 4) is 0 Å². The average Bonchev–Trinajstić information content (AvgIpc) is 2.83. The maximum absolute atomic E-state index is 12.9. The summed E-state index contributed by atoms with van der Waals surface area (Å²) in [6.07, 6.45) is 0.802. The van der Waals surface area contributed by atoms with Crippen LogP contribution in [0.3, 0.4) is 0 Å². The zero-order valence-electron chi connectivity index (χ0n) is 13.7. The van der Waals surface area contributed by atoms with Gasteiger partial charge in [-0.3, -0.25) is 0 Å². The normalized spacial score (nSPS) is 19.5. The number of sulfonamides is 1. The molecule has 3 rings (SSSR count). The summed E-state index contributed by atoms with van der Waals surface area (Å²) in [6.45, 7) is 2.38. The SMILES string of the molecule is O=S(=O)(c1ccc(Cl)cc1)N1CCNCC(Cc2ccc(Cl)cc2)C1. The predicted octanol–water partition coefficient (Wildman–Crippen LogP) is 3.45. The number of benzene rings is 2. The van der Waals surface area contributed by atoms with Crippen LogP contribution >= 0.6 is 23.2 Å². The van der Waals surface area contributed by atoms with Gasteiger partial charge in [0, 0.05) is 29.7 Å². The van der Waals surface area contributed by atoms with Crippen LogP contribution in [-0.4, -0.2) is 38.9 Å². The molecular weight excluding hydrogens is 379 g/mol. The minimum atomic E-state index is -3.52. The van der Waals surface area contributed by atoms with Crippen molar-refractivity contribution in [1.82, 2.24) is 9.62 Å². The van der Waals surface area contributed by atoms with Gasteiger partial charge in [-0.2, -0.15) is 4.31 Å². The van der Waals surface area contributed by atoms with Gasteiger partial charge in [0.05, 0.1) is 4.90 Å². The zero-order valence-corrected chi connectivity index (χ0v) is 16.0. The van der Waals surface area contributed by atoms with Gasteiger partial charge in [0.2, 0.25) is 10.0 Å². The lowest BCUT2D eigenvalue weighted by Crippen LogP contribution is -2.36. The Morgan fingerprint density at radius 3 is 2.24 bits per heavy atom. The van der Waals surface area contributed by atoms with Gasteiger partial charge in [0.1, 0.15) is 0 Å². The van der Waals surface area contributed by atoms with Crippen molar-refractivity contribution in [2.24, 2.45) is 5.92 Å². The summed E-state index contributed by atoms with van der Waals surface area (Å²) in [6, 6.07) is 14.0. The summed E-state index contributed by atoms with van der Waals surface area (Å²) in [5, 5.41) is 4.57. The maximum atomic E-state index is 12.9.